The van der Waals surface area contributed by atoms with Gasteiger partial charge in [0.25, 0.3) is 0 Å². The summed E-state index contributed by atoms with van der Waals surface area (Å²) in [6, 6.07) is 0.662. The molecule has 0 amide bonds. The highest BCUT2D eigenvalue weighted by Gasteiger charge is 2.10. The molecule has 0 aromatic carbocycles. The smallest absolute Gasteiger partial charge is 0.0250 e. The highest BCUT2D eigenvalue weighted by molar-refractivity contribution is 4.97. The van der Waals surface area contributed by atoms with Gasteiger partial charge in [-0.3, -0.25) is 0 Å². The van der Waals surface area contributed by atoms with Crippen LogP contribution in [-0.2, 0) is 0 Å². The van der Waals surface area contributed by atoms with Gasteiger partial charge in [0, 0.05) is 6.04 Å². The van der Waals surface area contributed by atoms with Crippen molar-refractivity contribution < 1.29 is 0 Å². The van der Waals surface area contributed by atoms with Crippen molar-refractivity contribution in [2.45, 2.75) is 64.8 Å². The molecular weight excluding hydrogens is 182 g/mol. The van der Waals surface area contributed by atoms with Crippen LogP contribution in [0.4, 0.5) is 0 Å². The Morgan fingerprint density at radius 3 is 2.87 bits per heavy atom. The molecule has 2 unspecified atom stereocenters. The first-order chi connectivity index (χ1) is 7.36. The zero-order chi connectivity index (χ0) is 10.9. The lowest BCUT2D eigenvalue weighted by molar-refractivity contribution is 0.393. The number of hydrogen-bond acceptors (Lipinski definition) is 1. The van der Waals surface area contributed by atoms with E-state index in [4.69, 9.17) is 0 Å². The maximum atomic E-state index is 3.69. The maximum Gasteiger partial charge on any atom is 0.0250 e. The quantitative estimate of drug-likeness (QED) is 0.627. The van der Waals surface area contributed by atoms with E-state index in [0.29, 0.717) is 6.04 Å². The molecule has 0 fully saturated rings. The minimum Gasteiger partial charge on any atom is -0.310 e. The van der Waals surface area contributed by atoms with Crippen LogP contribution in [0, 0.1) is 5.92 Å². The summed E-state index contributed by atoms with van der Waals surface area (Å²) in [6.07, 6.45) is 14.1. The SMILES string of the molecule is CCCCC(CC)CNC1C=CCCC1. The fraction of sp³-hybridized carbons (Fsp3) is 0.857. The van der Waals surface area contributed by atoms with Gasteiger partial charge in [0.2, 0.25) is 0 Å². The number of rotatable bonds is 7. The summed E-state index contributed by atoms with van der Waals surface area (Å²) in [5.41, 5.74) is 0. The lowest BCUT2D eigenvalue weighted by Crippen LogP contribution is -2.32. The predicted octanol–water partition coefficient (Wildman–Crippen LogP) is 3.90. The summed E-state index contributed by atoms with van der Waals surface area (Å²) < 4.78 is 0. The van der Waals surface area contributed by atoms with Gasteiger partial charge in [-0.1, -0.05) is 45.3 Å². The molecule has 0 saturated carbocycles. The number of unbranched alkanes of at least 4 members (excludes halogenated alkanes) is 1. The van der Waals surface area contributed by atoms with Crippen LogP contribution >= 0.6 is 0 Å². The molecule has 15 heavy (non-hydrogen) atoms. The summed E-state index contributed by atoms with van der Waals surface area (Å²) in [7, 11) is 0. The summed E-state index contributed by atoms with van der Waals surface area (Å²) in [5.74, 6) is 0.889. The van der Waals surface area contributed by atoms with Gasteiger partial charge in [-0.15, -0.1) is 0 Å². The van der Waals surface area contributed by atoms with E-state index in [0.717, 1.165) is 5.92 Å². The van der Waals surface area contributed by atoms with Crippen molar-refractivity contribution in [3.63, 3.8) is 0 Å². The van der Waals surface area contributed by atoms with E-state index in [2.05, 4.69) is 31.3 Å². The largest absolute Gasteiger partial charge is 0.310 e. The highest BCUT2D eigenvalue weighted by atomic mass is 14.9. The fourth-order valence-corrected chi connectivity index (χ4v) is 2.24. The monoisotopic (exact) mass is 209 g/mol. The van der Waals surface area contributed by atoms with Gasteiger partial charge < -0.3 is 5.32 Å². The number of nitrogens with one attached hydrogen (secondary N) is 1. The Balaban J connectivity index is 2.14. The lowest BCUT2D eigenvalue weighted by Gasteiger charge is -2.22. The molecule has 0 heterocycles. The minimum absolute atomic E-state index is 0.662. The molecule has 88 valence electrons. The Kier molecular flexibility index (Phi) is 6.74. The van der Waals surface area contributed by atoms with Gasteiger partial charge in [-0.05, 0) is 38.1 Å². The molecule has 1 rings (SSSR count). The van der Waals surface area contributed by atoms with E-state index in [1.165, 1.54) is 51.5 Å². The molecule has 0 radical (unpaired) electrons. The minimum atomic E-state index is 0.662. The third-order valence-electron chi connectivity index (χ3n) is 3.47. The van der Waals surface area contributed by atoms with E-state index in [1.807, 2.05) is 0 Å². The van der Waals surface area contributed by atoms with Crippen molar-refractivity contribution >= 4 is 0 Å². The zero-order valence-corrected chi connectivity index (χ0v) is 10.5. The lowest BCUT2D eigenvalue weighted by atomic mass is 9.97. The number of allylic oxidation sites excluding steroid dienone is 1. The van der Waals surface area contributed by atoms with Gasteiger partial charge in [-0.2, -0.15) is 0 Å². The maximum absolute atomic E-state index is 3.69. The molecule has 0 aromatic rings. The summed E-state index contributed by atoms with van der Waals surface area (Å²) in [5, 5.41) is 3.69. The Bertz CT molecular complexity index is 174. The molecule has 0 bridgehead atoms. The normalized spacial score (nSPS) is 22.9. The molecule has 2 atom stereocenters. The van der Waals surface area contributed by atoms with Gasteiger partial charge in [-0.25, -0.2) is 0 Å². The van der Waals surface area contributed by atoms with Crippen LogP contribution in [0.5, 0.6) is 0 Å². The molecule has 1 N–H and O–H groups in total. The van der Waals surface area contributed by atoms with Crippen LogP contribution in [0.2, 0.25) is 0 Å². The Morgan fingerprint density at radius 2 is 2.27 bits per heavy atom. The molecule has 0 aliphatic heterocycles. The molecule has 1 nitrogen and oxygen atoms in total. The molecule has 1 heteroatoms. The van der Waals surface area contributed by atoms with Crippen molar-refractivity contribution in [1.29, 1.82) is 0 Å². The first-order valence-electron chi connectivity index (χ1n) is 6.76. The molecular formula is C14H27N. The second-order valence-corrected chi connectivity index (χ2v) is 4.79. The van der Waals surface area contributed by atoms with Crippen LogP contribution in [-0.4, -0.2) is 12.6 Å². The molecule has 1 aliphatic carbocycles. The summed E-state index contributed by atoms with van der Waals surface area (Å²) >= 11 is 0. The van der Waals surface area contributed by atoms with E-state index < -0.39 is 0 Å². The average molecular weight is 209 g/mol. The van der Waals surface area contributed by atoms with E-state index in [1.54, 1.807) is 0 Å². The Hall–Kier alpha value is -0.300. The predicted molar refractivity (Wildman–Crippen MR) is 68.1 cm³/mol. The van der Waals surface area contributed by atoms with Gasteiger partial charge in [0.05, 0.1) is 0 Å². The van der Waals surface area contributed by atoms with Crippen molar-refractivity contribution in [3.8, 4) is 0 Å². The van der Waals surface area contributed by atoms with Gasteiger partial charge >= 0.3 is 0 Å². The standard InChI is InChI=1S/C14H27N/c1-3-5-9-13(4-2)12-15-14-10-7-6-8-11-14/h7,10,13-15H,3-6,8-9,11-12H2,1-2H3. The average Bonchev–Trinajstić information content (AvgIpc) is 2.31. The fourth-order valence-electron chi connectivity index (χ4n) is 2.24. The second-order valence-electron chi connectivity index (χ2n) is 4.79. The van der Waals surface area contributed by atoms with E-state index >= 15 is 0 Å². The Morgan fingerprint density at radius 1 is 1.40 bits per heavy atom. The number of hydrogen-bond donors (Lipinski definition) is 1. The van der Waals surface area contributed by atoms with E-state index in [9.17, 15) is 0 Å². The molecule has 0 saturated heterocycles. The topological polar surface area (TPSA) is 12.0 Å². The van der Waals surface area contributed by atoms with Crippen LogP contribution in [0.3, 0.4) is 0 Å². The van der Waals surface area contributed by atoms with Crippen LogP contribution in [0.15, 0.2) is 12.2 Å². The van der Waals surface area contributed by atoms with Crippen LogP contribution < -0.4 is 5.32 Å². The molecule has 0 aromatic heterocycles. The molecule has 1 aliphatic rings. The Labute approximate surface area is 95.3 Å². The third-order valence-corrected chi connectivity index (χ3v) is 3.47. The summed E-state index contributed by atoms with van der Waals surface area (Å²) in [4.78, 5) is 0. The zero-order valence-electron chi connectivity index (χ0n) is 10.5. The van der Waals surface area contributed by atoms with Crippen LogP contribution in [0.25, 0.3) is 0 Å². The first-order valence-corrected chi connectivity index (χ1v) is 6.76. The van der Waals surface area contributed by atoms with E-state index in [-0.39, 0.29) is 0 Å². The van der Waals surface area contributed by atoms with Crippen molar-refractivity contribution in [2.75, 3.05) is 6.54 Å². The third kappa shape index (κ3) is 5.36. The first kappa shape index (κ1) is 12.8. The van der Waals surface area contributed by atoms with Crippen molar-refractivity contribution in [1.82, 2.24) is 5.32 Å². The molecule has 0 spiro atoms. The summed E-state index contributed by atoms with van der Waals surface area (Å²) in [6.45, 7) is 5.81. The van der Waals surface area contributed by atoms with Crippen molar-refractivity contribution in [2.24, 2.45) is 5.92 Å². The van der Waals surface area contributed by atoms with Gasteiger partial charge in [0.1, 0.15) is 0 Å². The second kappa shape index (κ2) is 7.92. The highest BCUT2D eigenvalue weighted by Crippen LogP contribution is 2.14. The van der Waals surface area contributed by atoms with Crippen molar-refractivity contribution in [3.05, 3.63) is 12.2 Å². The van der Waals surface area contributed by atoms with Crippen LogP contribution in [0.1, 0.15) is 58.8 Å². The van der Waals surface area contributed by atoms with Gasteiger partial charge in [0.15, 0.2) is 0 Å².